The first-order chi connectivity index (χ1) is 8.63. The van der Waals surface area contributed by atoms with Crippen molar-refractivity contribution in [1.82, 2.24) is 20.3 Å². The van der Waals surface area contributed by atoms with E-state index in [0.717, 1.165) is 17.8 Å². The van der Waals surface area contributed by atoms with E-state index in [-0.39, 0.29) is 0 Å². The molecule has 1 fully saturated rings. The normalized spacial score (nSPS) is 26.5. The molecule has 0 aliphatic heterocycles. The Bertz CT molecular complexity index is 364. The van der Waals surface area contributed by atoms with Gasteiger partial charge in [-0.05, 0) is 50.5 Å². The number of aromatic nitrogens is 3. The Morgan fingerprint density at radius 2 is 1.83 bits per heavy atom. The molecule has 1 saturated carbocycles. The predicted molar refractivity (Wildman–Crippen MR) is 73.1 cm³/mol. The van der Waals surface area contributed by atoms with E-state index in [1.54, 1.807) is 0 Å². The van der Waals surface area contributed by atoms with Crippen LogP contribution >= 0.6 is 0 Å². The monoisotopic (exact) mass is 250 g/mol. The number of rotatable bonds is 4. The third-order valence-electron chi connectivity index (χ3n) is 4.61. The summed E-state index contributed by atoms with van der Waals surface area (Å²) in [6.45, 7) is 4.71. The zero-order chi connectivity index (χ0) is 13.1. The molecule has 0 radical (unpaired) electrons. The summed E-state index contributed by atoms with van der Waals surface area (Å²) in [5, 5.41) is 11.5. The van der Waals surface area contributed by atoms with E-state index in [1.165, 1.54) is 31.4 Å². The molecular weight excluding hydrogens is 224 g/mol. The molecule has 0 amide bonds. The smallest absolute Gasteiger partial charge is 0.0755 e. The third-order valence-corrected chi connectivity index (χ3v) is 4.61. The van der Waals surface area contributed by atoms with Gasteiger partial charge in [-0.2, -0.15) is 0 Å². The van der Waals surface area contributed by atoms with Gasteiger partial charge in [0.15, 0.2) is 0 Å². The van der Waals surface area contributed by atoms with Crippen LogP contribution in [0.5, 0.6) is 0 Å². The quantitative estimate of drug-likeness (QED) is 0.893. The van der Waals surface area contributed by atoms with E-state index < -0.39 is 0 Å². The van der Waals surface area contributed by atoms with Crippen LogP contribution in [0.25, 0.3) is 0 Å². The fourth-order valence-electron chi connectivity index (χ4n) is 3.35. The van der Waals surface area contributed by atoms with Crippen molar-refractivity contribution in [3.8, 4) is 0 Å². The molecule has 2 rings (SSSR count). The van der Waals surface area contributed by atoms with Crippen LogP contribution in [-0.4, -0.2) is 22.0 Å². The largest absolute Gasteiger partial charge is 0.311 e. The van der Waals surface area contributed by atoms with Crippen molar-refractivity contribution in [2.24, 2.45) is 24.8 Å². The molecule has 1 aliphatic rings. The molecule has 1 aromatic rings. The highest BCUT2D eigenvalue weighted by atomic mass is 15.4. The van der Waals surface area contributed by atoms with Crippen molar-refractivity contribution in [3.63, 3.8) is 0 Å². The second-order valence-corrected chi connectivity index (χ2v) is 5.97. The molecule has 1 heterocycles. The van der Waals surface area contributed by atoms with Crippen LogP contribution in [0.2, 0.25) is 0 Å². The van der Waals surface area contributed by atoms with Gasteiger partial charge in [-0.15, -0.1) is 5.10 Å². The fourth-order valence-corrected chi connectivity index (χ4v) is 3.35. The maximum absolute atomic E-state index is 4.05. The lowest BCUT2D eigenvalue weighted by atomic mass is 9.74. The molecule has 102 valence electrons. The van der Waals surface area contributed by atoms with E-state index in [1.807, 2.05) is 25.0 Å². The zero-order valence-electron chi connectivity index (χ0n) is 12.1. The summed E-state index contributed by atoms with van der Waals surface area (Å²) in [6, 6.07) is 0.401. The third kappa shape index (κ3) is 2.74. The lowest BCUT2D eigenvalue weighted by Crippen LogP contribution is -2.31. The number of nitrogens with one attached hydrogen (secondary N) is 1. The van der Waals surface area contributed by atoms with Gasteiger partial charge in [-0.3, -0.25) is 4.68 Å². The van der Waals surface area contributed by atoms with Crippen molar-refractivity contribution in [1.29, 1.82) is 0 Å². The molecule has 0 saturated heterocycles. The molecular formula is C14H26N4. The summed E-state index contributed by atoms with van der Waals surface area (Å²) in [5.41, 5.74) is 1.21. The number of nitrogens with zero attached hydrogens (tertiary/aromatic N) is 3. The second-order valence-electron chi connectivity index (χ2n) is 5.97. The highest BCUT2D eigenvalue weighted by Gasteiger charge is 2.30. The lowest BCUT2D eigenvalue weighted by Gasteiger charge is -2.35. The summed E-state index contributed by atoms with van der Waals surface area (Å²) in [5.74, 6) is 2.47. The zero-order valence-corrected chi connectivity index (χ0v) is 12.1. The molecule has 1 aromatic heterocycles. The van der Waals surface area contributed by atoms with E-state index in [9.17, 15) is 0 Å². The molecule has 1 aliphatic carbocycles. The van der Waals surface area contributed by atoms with E-state index >= 15 is 0 Å². The van der Waals surface area contributed by atoms with Gasteiger partial charge < -0.3 is 5.32 Å². The predicted octanol–water partition coefficient (Wildman–Crippen LogP) is 2.54. The van der Waals surface area contributed by atoms with E-state index in [2.05, 4.69) is 29.5 Å². The Morgan fingerprint density at radius 3 is 2.28 bits per heavy atom. The van der Waals surface area contributed by atoms with E-state index in [4.69, 9.17) is 0 Å². The Balaban J connectivity index is 2.01. The SMILES string of the molecule is CNC(c1cnnn1C)C1CCC(C(C)C)CC1. The summed E-state index contributed by atoms with van der Waals surface area (Å²) in [4.78, 5) is 0. The maximum Gasteiger partial charge on any atom is 0.0755 e. The second kappa shape index (κ2) is 5.83. The highest BCUT2D eigenvalue weighted by molar-refractivity contribution is 5.04. The van der Waals surface area contributed by atoms with Gasteiger partial charge in [0, 0.05) is 7.05 Å². The van der Waals surface area contributed by atoms with Gasteiger partial charge in [-0.25, -0.2) is 0 Å². The van der Waals surface area contributed by atoms with Crippen molar-refractivity contribution in [3.05, 3.63) is 11.9 Å². The van der Waals surface area contributed by atoms with Gasteiger partial charge in [0.05, 0.1) is 17.9 Å². The Labute approximate surface area is 110 Å². The molecule has 4 nitrogen and oxygen atoms in total. The van der Waals surface area contributed by atoms with Gasteiger partial charge in [0.2, 0.25) is 0 Å². The van der Waals surface area contributed by atoms with E-state index in [0.29, 0.717) is 6.04 Å². The summed E-state index contributed by atoms with van der Waals surface area (Å²) in [7, 11) is 4.03. The molecule has 0 bridgehead atoms. The molecule has 0 spiro atoms. The first-order valence-corrected chi connectivity index (χ1v) is 7.15. The first-order valence-electron chi connectivity index (χ1n) is 7.15. The van der Waals surface area contributed by atoms with Crippen LogP contribution < -0.4 is 5.32 Å². The van der Waals surface area contributed by atoms with Gasteiger partial charge >= 0.3 is 0 Å². The number of hydrogen-bond acceptors (Lipinski definition) is 3. The average molecular weight is 250 g/mol. The molecule has 1 N–H and O–H groups in total. The van der Waals surface area contributed by atoms with Crippen LogP contribution in [0, 0.1) is 17.8 Å². The Kier molecular flexibility index (Phi) is 4.38. The standard InChI is InChI=1S/C14H26N4/c1-10(2)11-5-7-12(8-6-11)14(15-3)13-9-16-17-18(13)4/h9-12,14-15H,5-8H2,1-4H3. The highest BCUT2D eigenvalue weighted by Crippen LogP contribution is 2.38. The van der Waals surface area contributed by atoms with Crippen LogP contribution in [0.15, 0.2) is 6.20 Å². The number of aryl methyl sites for hydroxylation is 1. The van der Waals surface area contributed by atoms with Crippen LogP contribution in [-0.2, 0) is 7.05 Å². The van der Waals surface area contributed by atoms with Crippen LogP contribution in [0.4, 0.5) is 0 Å². The number of hydrogen-bond donors (Lipinski definition) is 1. The fraction of sp³-hybridized carbons (Fsp3) is 0.857. The van der Waals surface area contributed by atoms with Crippen molar-refractivity contribution < 1.29 is 0 Å². The first kappa shape index (κ1) is 13.5. The summed E-state index contributed by atoms with van der Waals surface area (Å²) in [6.07, 6.45) is 7.27. The molecule has 18 heavy (non-hydrogen) atoms. The Morgan fingerprint density at radius 1 is 1.22 bits per heavy atom. The molecule has 4 heteroatoms. The molecule has 1 atom stereocenters. The minimum Gasteiger partial charge on any atom is -0.311 e. The van der Waals surface area contributed by atoms with Crippen LogP contribution in [0.3, 0.4) is 0 Å². The van der Waals surface area contributed by atoms with Crippen molar-refractivity contribution in [2.45, 2.75) is 45.6 Å². The van der Waals surface area contributed by atoms with Gasteiger partial charge in [0.1, 0.15) is 0 Å². The van der Waals surface area contributed by atoms with Gasteiger partial charge in [-0.1, -0.05) is 19.1 Å². The summed E-state index contributed by atoms with van der Waals surface area (Å²) >= 11 is 0. The van der Waals surface area contributed by atoms with Crippen molar-refractivity contribution >= 4 is 0 Å². The minimum atomic E-state index is 0.401. The topological polar surface area (TPSA) is 42.7 Å². The van der Waals surface area contributed by atoms with Gasteiger partial charge in [0.25, 0.3) is 0 Å². The maximum atomic E-state index is 4.05. The van der Waals surface area contributed by atoms with Crippen molar-refractivity contribution in [2.75, 3.05) is 7.05 Å². The Hall–Kier alpha value is -0.900. The molecule has 0 aromatic carbocycles. The summed E-state index contributed by atoms with van der Waals surface area (Å²) < 4.78 is 1.90. The van der Waals surface area contributed by atoms with Crippen LogP contribution in [0.1, 0.15) is 51.3 Å². The minimum absolute atomic E-state index is 0.401. The average Bonchev–Trinajstić information content (AvgIpc) is 2.78. The molecule has 1 unspecified atom stereocenters. The lowest BCUT2D eigenvalue weighted by molar-refractivity contribution is 0.189.